The Bertz CT molecular complexity index is 1330. The Morgan fingerprint density at radius 2 is 1.91 bits per heavy atom. The highest BCUT2D eigenvalue weighted by atomic mass is 32.1. The van der Waals surface area contributed by atoms with Gasteiger partial charge in [0.05, 0.1) is 20.2 Å². The zero-order valence-electron chi connectivity index (χ0n) is 18.6. The lowest BCUT2D eigenvalue weighted by Gasteiger charge is -2.44. The van der Waals surface area contributed by atoms with Gasteiger partial charge in [0.15, 0.2) is 0 Å². The molecule has 0 saturated carbocycles. The first-order valence-corrected chi connectivity index (χ1v) is 11.7. The zero-order valence-corrected chi connectivity index (χ0v) is 19.4. The van der Waals surface area contributed by atoms with Crippen molar-refractivity contribution in [3.05, 3.63) is 88.2 Å². The van der Waals surface area contributed by atoms with Crippen LogP contribution in [-0.4, -0.2) is 33.9 Å². The van der Waals surface area contributed by atoms with E-state index in [0.717, 1.165) is 27.1 Å². The van der Waals surface area contributed by atoms with Crippen molar-refractivity contribution in [3.63, 3.8) is 0 Å². The number of hydrogen-bond acceptors (Lipinski definition) is 4. The minimum atomic E-state index is -1.06. The number of ether oxygens (including phenoxy) is 1. The van der Waals surface area contributed by atoms with Crippen LogP contribution in [0.25, 0.3) is 10.9 Å². The van der Waals surface area contributed by atoms with Crippen LogP contribution in [0.15, 0.2) is 72.1 Å². The molecular weight excluding hydrogens is 434 g/mol. The van der Waals surface area contributed by atoms with E-state index >= 15 is 0 Å². The first-order chi connectivity index (χ1) is 16.0. The lowest BCUT2D eigenvalue weighted by molar-refractivity contribution is -0.133. The van der Waals surface area contributed by atoms with Crippen molar-refractivity contribution < 1.29 is 14.3 Å². The number of aromatic nitrogens is 1. The number of amides is 2. The SMILES string of the molecule is COc1ccccc1CNC(=O)C1(C)Cn2c(cc3ccccc32)C(=O)N1Cc1cccs1. The van der Waals surface area contributed by atoms with Crippen molar-refractivity contribution in [2.45, 2.75) is 32.1 Å². The van der Waals surface area contributed by atoms with E-state index in [2.05, 4.69) is 5.32 Å². The Morgan fingerprint density at radius 1 is 1.12 bits per heavy atom. The molecule has 1 aliphatic heterocycles. The van der Waals surface area contributed by atoms with Gasteiger partial charge in [-0.3, -0.25) is 9.59 Å². The van der Waals surface area contributed by atoms with Crippen LogP contribution in [0.2, 0.25) is 0 Å². The molecule has 5 rings (SSSR count). The number of rotatable bonds is 6. The minimum absolute atomic E-state index is 0.138. The molecule has 168 valence electrons. The monoisotopic (exact) mass is 459 g/mol. The number of hydrogen-bond donors (Lipinski definition) is 1. The van der Waals surface area contributed by atoms with Gasteiger partial charge in [0.2, 0.25) is 5.91 Å². The summed E-state index contributed by atoms with van der Waals surface area (Å²) in [6.45, 7) is 2.94. The smallest absolute Gasteiger partial charge is 0.271 e. The highest BCUT2D eigenvalue weighted by Gasteiger charge is 2.47. The standard InChI is InChI=1S/C26H25N3O3S/c1-26(25(31)27-15-19-9-4-6-12-23(19)32-2)17-28-21-11-5-3-8-18(21)14-22(28)24(30)29(26)16-20-10-7-13-33-20/h3-14H,15-17H2,1-2H3,(H,27,31). The van der Waals surface area contributed by atoms with Crippen molar-refractivity contribution in [2.75, 3.05) is 7.11 Å². The normalized spacial score (nSPS) is 17.8. The molecule has 0 aliphatic carbocycles. The van der Waals surface area contributed by atoms with E-state index < -0.39 is 5.54 Å². The molecule has 0 bridgehead atoms. The van der Waals surface area contributed by atoms with E-state index in [0.29, 0.717) is 25.3 Å². The third-order valence-electron chi connectivity index (χ3n) is 6.35. The molecule has 1 N–H and O–H groups in total. The first-order valence-electron chi connectivity index (χ1n) is 10.8. The second-order valence-electron chi connectivity index (χ2n) is 8.41. The van der Waals surface area contributed by atoms with E-state index in [4.69, 9.17) is 4.74 Å². The van der Waals surface area contributed by atoms with Gasteiger partial charge in [0, 0.05) is 27.9 Å². The Labute approximate surface area is 196 Å². The Hall–Kier alpha value is -3.58. The summed E-state index contributed by atoms with van der Waals surface area (Å²) < 4.78 is 7.40. The topological polar surface area (TPSA) is 63.6 Å². The van der Waals surface area contributed by atoms with Crippen LogP contribution in [0.1, 0.15) is 27.9 Å². The van der Waals surface area contributed by atoms with E-state index in [1.54, 1.807) is 23.3 Å². The minimum Gasteiger partial charge on any atom is -0.496 e. The van der Waals surface area contributed by atoms with Gasteiger partial charge in [-0.2, -0.15) is 0 Å². The number of thiophene rings is 1. The molecule has 6 nitrogen and oxygen atoms in total. The molecule has 0 saturated heterocycles. The third-order valence-corrected chi connectivity index (χ3v) is 7.21. The van der Waals surface area contributed by atoms with Crippen LogP contribution >= 0.6 is 11.3 Å². The van der Waals surface area contributed by atoms with Crippen molar-refractivity contribution in [3.8, 4) is 5.75 Å². The number of fused-ring (bicyclic) bond motifs is 3. The summed E-state index contributed by atoms with van der Waals surface area (Å²) in [6, 6.07) is 21.4. The molecule has 0 radical (unpaired) electrons. The van der Waals surface area contributed by atoms with E-state index in [9.17, 15) is 9.59 Å². The summed E-state index contributed by atoms with van der Waals surface area (Å²) in [4.78, 5) is 30.2. The summed E-state index contributed by atoms with van der Waals surface area (Å²) in [7, 11) is 1.61. The number of para-hydroxylation sites is 2. The fourth-order valence-corrected chi connectivity index (χ4v) is 5.22. The fraction of sp³-hybridized carbons (Fsp3) is 0.231. The largest absolute Gasteiger partial charge is 0.496 e. The molecule has 3 heterocycles. The number of carbonyl (C=O) groups is 2. The average Bonchev–Trinajstić information content (AvgIpc) is 3.48. The maximum Gasteiger partial charge on any atom is 0.271 e. The van der Waals surface area contributed by atoms with Crippen LogP contribution in [0.4, 0.5) is 0 Å². The summed E-state index contributed by atoms with van der Waals surface area (Å²) in [6.07, 6.45) is 0. The molecule has 1 aliphatic rings. The lowest BCUT2D eigenvalue weighted by Crippen LogP contribution is -2.63. The van der Waals surface area contributed by atoms with Crippen molar-refractivity contribution >= 4 is 34.1 Å². The second-order valence-corrected chi connectivity index (χ2v) is 9.45. The third kappa shape index (κ3) is 3.68. The molecule has 7 heteroatoms. The summed E-state index contributed by atoms with van der Waals surface area (Å²) in [5.74, 6) is 0.388. The van der Waals surface area contributed by atoms with E-state index in [1.807, 2.05) is 83.6 Å². The molecule has 2 aromatic heterocycles. The summed E-state index contributed by atoms with van der Waals surface area (Å²) >= 11 is 1.58. The Balaban J connectivity index is 1.51. The maximum atomic E-state index is 13.7. The van der Waals surface area contributed by atoms with Crippen molar-refractivity contribution in [1.82, 2.24) is 14.8 Å². The number of benzene rings is 2. The molecule has 0 spiro atoms. The van der Waals surface area contributed by atoms with Gasteiger partial charge >= 0.3 is 0 Å². The van der Waals surface area contributed by atoms with E-state index in [-0.39, 0.29) is 11.8 Å². The van der Waals surface area contributed by atoms with Crippen LogP contribution in [-0.2, 0) is 24.4 Å². The van der Waals surface area contributed by atoms with Gasteiger partial charge in [0.25, 0.3) is 5.91 Å². The van der Waals surface area contributed by atoms with Gasteiger partial charge in [-0.25, -0.2) is 0 Å². The molecule has 1 unspecified atom stereocenters. The van der Waals surface area contributed by atoms with Crippen LogP contribution in [0, 0.1) is 0 Å². The number of methoxy groups -OCH3 is 1. The Morgan fingerprint density at radius 3 is 2.70 bits per heavy atom. The van der Waals surface area contributed by atoms with Crippen LogP contribution in [0.3, 0.4) is 0 Å². The highest BCUT2D eigenvalue weighted by molar-refractivity contribution is 7.09. The number of carbonyl (C=O) groups excluding carboxylic acids is 2. The summed E-state index contributed by atoms with van der Waals surface area (Å²) in [5, 5.41) is 6.04. The zero-order chi connectivity index (χ0) is 23.0. The van der Waals surface area contributed by atoms with Gasteiger partial charge in [-0.15, -0.1) is 11.3 Å². The van der Waals surface area contributed by atoms with Crippen molar-refractivity contribution in [2.24, 2.45) is 0 Å². The molecule has 2 aromatic carbocycles. The van der Waals surface area contributed by atoms with Gasteiger partial charge in [-0.05, 0) is 36.6 Å². The van der Waals surface area contributed by atoms with Crippen LogP contribution in [0.5, 0.6) is 5.75 Å². The predicted octanol–water partition coefficient (Wildman–Crippen LogP) is 4.44. The number of nitrogens with zero attached hydrogens (tertiary/aromatic N) is 2. The molecular formula is C26H25N3O3S. The highest BCUT2D eigenvalue weighted by Crippen LogP contribution is 2.34. The first kappa shape index (κ1) is 21.3. The molecule has 0 fully saturated rings. The fourth-order valence-electron chi connectivity index (χ4n) is 4.53. The van der Waals surface area contributed by atoms with E-state index in [1.165, 1.54) is 0 Å². The molecule has 1 atom stereocenters. The van der Waals surface area contributed by atoms with Crippen LogP contribution < -0.4 is 10.1 Å². The lowest BCUT2D eigenvalue weighted by atomic mass is 9.94. The summed E-state index contributed by atoms with van der Waals surface area (Å²) in [5.41, 5.74) is 1.40. The van der Waals surface area contributed by atoms with Crippen molar-refractivity contribution in [1.29, 1.82) is 0 Å². The average molecular weight is 460 g/mol. The predicted molar refractivity (Wildman–Crippen MR) is 129 cm³/mol. The molecule has 4 aromatic rings. The quantitative estimate of drug-likeness (QED) is 0.464. The van der Waals surface area contributed by atoms with Gasteiger partial charge in [-0.1, -0.05) is 42.5 Å². The molecule has 2 amide bonds. The van der Waals surface area contributed by atoms with Gasteiger partial charge < -0.3 is 19.5 Å². The second kappa shape index (κ2) is 8.41. The maximum absolute atomic E-state index is 13.7. The van der Waals surface area contributed by atoms with Gasteiger partial charge in [0.1, 0.15) is 17.0 Å². The molecule has 33 heavy (non-hydrogen) atoms. The Kier molecular flexibility index (Phi) is 5.42. The number of nitrogens with one attached hydrogen (secondary N) is 1.